The van der Waals surface area contributed by atoms with E-state index in [2.05, 4.69) is 44.4 Å². The summed E-state index contributed by atoms with van der Waals surface area (Å²) in [6, 6.07) is 7.33. The molecule has 0 amide bonds. The summed E-state index contributed by atoms with van der Waals surface area (Å²) in [5, 5.41) is 4.09. The van der Waals surface area contributed by atoms with Crippen LogP contribution in [0.15, 0.2) is 18.2 Å². The second-order valence-electron chi connectivity index (χ2n) is 3.98. The maximum Gasteiger partial charge on any atom is 0.0438 e. The number of aryl methyl sites for hydroxylation is 1. The SMILES string of the molecule is CNC1c2cc(C)ccc2CSC1C. The summed E-state index contributed by atoms with van der Waals surface area (Å²) < 4.78 is 0. The lowest BCUT2D eigenvalue weighted by atomic mass is 9.96. The summed E-state index contributed by atoms with van der Waals surface area (Å²) in [6.07, 6.45) is 0. The lowest BCUT2D eigenvalue weighted by molar-refractivity contribution is 0.579. The Hall–Kier alpha value is -0.470. The molecule has 0 aromatic heterocycles. The molecule has 1 heterocycles. The molecule has 1 nitrogen and oxygen atoms in total. The van der Waals surface area contributed by atoms with Gasteiger partial charge in [0.25, 0.3) is 0 Å². The van der Waals surface area contributed by atoms with Gasteiger partial charge in [0, 0.05) is 17.0 Å². The van der Waals surface area contributed by atoms with Crippen molar-refractivity contribution in [3.8, 4) is 0 Å². The van der Waals surface area contributed by atoms with Crippen LogP contribution >= 0.6 is 11.8 Å². The minimum absolute atomic E-state index is 0.517. The van der Waals surface area contributed by atoms with E-state index >= 15 is 0 Å². The average molecular weight is 207 g/mol. The van der Waals surface area contributed by atoms with E-state index in [-0.39, 0.29) is 0 Å². The Morgan fingerprint density at radius 2 is 2.21 bits per heavy atom. The third kappa shape index (κ3) is 1.69. The molecule has 14 heavy (non-hydrogen) atoms. The van der Waals surface area contributed by atoms with Gasteiger partial charge in [0.15, 0.2) is 0 Å². The van der Waals surface area contributed by atoms with Gasteiger partial charge in [-0.05, 0) is 25.1 Å². The Bertz CT molecular complexity index is 335. The molecular formula is C12H17NS. The monoisotopic (exact) mass is 207 g/mol. The summed E-state index contributed by atoms with van der Waals surface area (Å²) in [4.78, 5) is 0. The molecule has 0 aliphatic carbocycles. The van der Waals surface area contributed by atoms with Gasteiger partial charge in [-0.2, -0.15) is 11.8 Å². The van der Waals surface area contributed by atoms with Crippen LogP contribution in [0.4, 0.5) is 0 Å². The molecular weight excluding hydrogens is 190 g/mol. The van der Waals surface area contributed by atoms with Crippen LogP contribution in [0, 0.1) is 6.92 Å². The summed E-state index contributed by atoms with van der Waals surface area (Å²) in [6.45, 7) is 4.47. The molecule has 0 fully saturated rings. The van der Waals surface area contributed by atoms with Gasteiger partial charge >= 0.3 is 0 Å². The number of rotatable bonds is 1. The van der Waals surface area contributed by atoms with Crippen LogP contribution in [0.2, 0.25) is 0 Å². The predicted molar refractivity (Wildman–Crippen MR) is 63.7 cm³/mol. The highest BCUT2D eigenvalue weighted by atomic mass is 32.2. The first-order valence-corrected chi connectivity index (χ1v) is 6.15. The highest BCUT2D eigenvalue weighted by Gasteiger charge is 2.25. The number of hydrogen-bond donors (Lipinski definition) is 1. The fourth-order valence-electron chi connectivity index (χ4n) is 2.10. The predicted octanol–water partition coefficient (Wildman–Crippen LogP) is 2.89. The number of fused-ring (bicyclic) bond motifs is 1. The topological polar surface area (TPSA) is 12.0 Å². The summed E-state index contributed by atoms with van der Waals surface area (Å²) in [7, 11) is 2.05. The van der Waals surface area contributed by atoms with E-state index in [9.17, 15) is 0 Å². The minimum atomic E-state index is 0.517. The van der Waals surface area contributed by atoms with E-state index in [0.717, 1.165) is 5.75 Å². The molecule has 1 aliphatic heterocycles. The van der Waals surface area contributed by atoms with Crippen LogP contribution in [-0.2, 0) is 5.75 Å². The molecule has 0 saturated heterocycles. The summed E-state index contributed by atoms with van der Waals surface area (Å²) >= 11 is 2.04. The normalized spacial score (nSPS) is 25.9. The molecule has 2 rings (SSSR count). The van der Waals surface area contributed by atoms with E-state index in [1.54, 1.807) is 0 Å². The van der Waals surface area contributed by atoms with E-state index in [1.165, 1.54) is 16.7 Å². The van der Waals surface area contributed by atoms with Gasteiger partial charge in [-0.25, -0.2) is 0 Å². The van der Waals surface area contributed by atoms with Crippen molar-refractivity contribution in [1.82, 2.24) is 5.32 Å². The zero-order valence-corrected chi connectivity index (χ0v) is 9.82. The molecule has 1 aromatic rings. The van der Waals surface area contributed by atoms with E-state index in [4.69, 9.17) is 0 Å². The molecule has 2 unspecified atom stereocenters. The summed E-state index contributed by atoms with van der Waals surface area (Å²) in [5.74, 6) is 1.16. The third-order valence-corrected chi connectivity index (χ3v) is 4.19. The van der Waals surface area contributed by atoms with Crippen LogP contribution in [0.1, 0.15) is 29.7 Å². The molecule has 76 valence electrons. The Labute approximate surface area is 90.3 Å². The van der Waals surface area contributed by atoms with Crippen LogP contribution in [0.3, 0.4) is 0 Å². The Morgan fingerprint density at radius 1 is 1.43 bits per heavy atom. The maximum atomic E-state index is 3.42. The van der Waals surface area contributed by atoms with E-state index in [1.807, 2.05) is 11.8 Å². The Morgan fingerprint density at radius 3 is 2.93 bits per heavy atom. The lowest BCUT2D eigenvalue weighted by Gasteiger charge is -2.31. The van der Waals surface area contributed by atoms with Gasteiger partial charge in [0.2, 0.25) is 0 Å². The quantitative estimate of drug-likeness (QED) is 0.760. The van der Waals surface area contributed by atoms with Gasteiger partial charge in [0.05, 0.1) is 0 Å². The highest BCUT2D eigenvalue weighted by Crippen LogP contribution is 2.37. The van der Waals surface area contributed by atoms with Crippen LogP contribution in [-0.4, -0.2) is 12.3 Å². The molecule has 1 aromatic carbocycles. The molecule has 0 spiro atoms. The fourth-order valence-corrected chi connectivity index (χ4v) is 3.28. The fraction of sp³-hybridized carbons (Fsp3) is 0.500. The maximum absolute atomic E-state index is 3.42. The summed E-state index contributed by atoms with van der Waals surface area (Å²) in [5.41, 5.74) is 4.36. The molecule has 1 N–H and O–H groups in total. The largest absolute Gasteiger partial charge is 0.312 e. The first-order valence-electron chi connectivity index (χ1n) is 5.10. The first-order chi connectivity index (χ1) is 6.72. The van der Waals surface area contributed by atoms with Crippen LogP contribution in [0.25, 0.3) is 0 Å². The lowest BCUT2D eigenvalue weighted by Crippen LogP contribution is -2.29. The number of thioether (sulfide) groups is 1. The molecule has 0 radical (unpaired) electrons. The van der Waals surface area contributed by atoms with E-state index < -0.39 is 0 Å². The van der Waals surface area contributed by atoms with Crippen molar-refractivity contribution < 1.29 is 0 Å². The smallest absolute Gasteiger partial charge is 0.0438 e. The van der Waals surface area contributed by atoms with Gasteiger partial charge in [0.1, 0.15) is 0 Å². The molecule has 1 aliphatic rings. The molecule has 2 heteroatoms. The van der Waals surface area contributed by atoms with Crippen LogP contribution in [0.5, 0.6) is 0 Å². The average Bonchev–Trinajstić information content (AvgIpc) is 2.17. The van der Waals surface area contributed by atoms with Crippen molar-refractivity contribution >= 4 is 11.8 Å². The van der Waals surface area contributed by atoms with Gasteiger partial charge in [-0.15, -0.1) is 0 Å². The molecule has 0 bridgehead atoms. The standard InChI is InChI=1S/C12H17NS/c1-8-4-5-10-7-14-9(2)12(13-3)11(10)6-8/h4-6,9,12-13H,7H2,1-3H3. The Kier molecular flexibility index (Phi) is 2.84. The molecule has 2 atom stereocenters. The second-order valence-corrected chi connectivity index (χ2v) is 5.35. The number of nitrogens with one attached hydrogen (secondary N) is 1. The van der Waals surface area contributed by atoms with Crippen molar-refractivity contribution in [1.29, 1.82) is 0 Å². The zero-order chi connectivity index (χ0) is 10.1. The zero-order valence-electron chi connectivity index (χ0n) is 9.00. The highest BCUT2D eigenvalue weighted by molar-refractivity contribution is 7.99. The number of benzene rings is 1. The van der Waals surface area contributed by atoms with Crippen molar-refractivity contribution in [3.63, 3.8) is 0 Å². The third-order valence-electron chi connectivity index (χ3n) is 2.92. The minimum Gasteiger partial charge on any atom is -0.312 e. The molecule has 0 saturated carbocycles. The van der Waals surface area contributed by atoms with Crippen molar-refractivity contribution in [2.75, 3.05) is 7.05 Å². The van der Waals surface area contributed by atoms with Crippen molar-refractivity contribution in [2.24, 2.45) is 0 Å². The van der Waals surface area contributed by atoms with Gasteiger partial charge < -0.3 is 5.32 Å². The van der Waals surface area contributed by atoms with Crippen molar-refractivity contribution in [2.45, 2.75) is 30.9 Å². The first kappa shape index (κ1) is 10.1. The van der Waals surface area contributed by atoms with Gasteiger partial charge in [-0.3, -0.25) is 0 Å². The Balaban J connectivity index is 2.43. The van der Waals surface area contributed by atoms with E-state index in [0.29, 0.717) is 11.3 Å². The second kappa shape index (κ2) is 3.95. The van der Waals surface area contributed by atoms with Crippen molar-refractivity contribution in [3.05, 3.63) is 34.9 Å². The van der Waals surface area contributed by atoms with Crippen LogP contribution < -0.4 is 5.32 Å². The van der Waals surface area contributed by atoms with Gasteiger partial charge in [-0.1, -0.05) is 30.7 Å². The number of hydrogen-bond acceptors (Lipinski definition) is 2.